The molecular weight excluding hydrogens is 323 g/mol. The molecule has 0 bridgehead atoms. The summed E-state index contributed by atoms with van der Waals surface area (Å²) in [5.41, 5.74) is 0. The topological polar surface area (TPSA) is 26.3 Å². The molecule has 0 saturated heterocycles. The monoisotopic (exact) mass is 350 g/mol. The second-order valence-electron chi connectivity index (χ2n) is 7.31. The van der Waals surface area contributed by atoms with E-state index in [2.05, 4.69) is 34.5 Å². The fourth-order valence-electron chi connectivity index (χ4n) is 2.88. The Hall–Kier alpha value is 0.486. The van der Waals surface area contributed by atoms with Gasteiger partial charge in [0.1, 0.15) is 0 Å². The summed E-state index contributed by atoms with van der Waals surface area (Å²) in [7, 11) is -1.24. The van der Waals surface area contributed by atoms with Crippen LogP contribution in [-0.2, 0) is 9.53 Å². The molecular formula is C12H26O2SiSn. The van der Waals surface area contributed by atoms with Gasteiger partial charge in [-0.15, -0.1) is 0 Å². The first kappa shape index (κ1) is 14.5. The molecule has 1 aliphatic carbocycles. The van der Waals surface area contributed by atoms with Gasteiger partial charge in [0, 0.05) is 0 Å². The van der Waals surface area contributed by atoms with E-state index in [0.717, 1.165) is 3.93 Å². The van der Waals surface area contributed by atoms with Crippen molar-refractivity contribution in [1.82, 2.24) is 0 Å². The number of esters is 1. The second kappa shape index (κ2) is 4.30. The molecule has 0 aromatic heterocycles. The van der Waals surface area contributed by atoms with Gasteiger partial charge in [-0.05, 0) is 0 Å². The van der Waals surface area contributed by atoms with E-state index in [1.54, 1.807) is 0 Å². The summed E-state index contributed by atoms with van der Waals surface area (Å²) in [6.45, 7) is 9.49. The van der Waals surface area contributed by atoms with E-state index < -0.39 is 26.5 Å². The number of rotatable bonds is 4. The molecule has 1 aliphatic rings. The van der Waals surface area contributed by atoms with E-state index in [1.165, 1.54) is 13.3 Å². The van der Waals surface area contributed by atoms with Gasteiger partial charge in [-0.2, -0.15) is 0 Å². The van der Waals surface area contributed by atoms with Gasteiger partial charge in [0.25, 0.3) is 0 Å². The van der Waals surface area contributed by atoms with Crippen molar-refractivity contribution in [3.05, 3.63) is 0 Å². The van der Waals surface area contributed by atoms with Crippen molar-refractivity contribution in [1.29, 1.82) is 0 Å². The third-order valence-electron chi connectivity index (χ3n) is 4.15. The molecule has 1 rings (SSSR count). The number of ether oxygens (including phenoxy) is 1. The van der Waals surface area contributed by atoms with Crippen molar-refractivity contribution in [3.8, 4) is 0 Å². The average molecular weight is 349 g/mol. The van der Waals surface area contributed by atoms with Crippen LogP contribution in [0, 0.1) is 0 Å². The molecule has 4 heteroatoms. The van der Waals surface area contributed by atoms with Crippen molar-refractivity contribution in [2.24, 2.45) is 0 Å². The molecule has 0 N–H and O–H groups in total. The first-order valence-corrected chi connectivity index (χ1v) is 19.8. The zero-order valence-electron chi connectivity index (χ0n) is 11.8. The average Bonchev–Trinajstić information content (AvgIpc) is 2.73. The van der Waals surface area contributed by atoms with E-state index in [4.69, 9.17) is 4.74 Å². The maximum atomic E-state index is 11.0. The Balaban J connectivity index is 2.80. The Kier molecular flexibility index (Phi) is 3.91. The zero-order chi connectivity index (χ0) is 12.8. The molecule has 0 aromatic rings. The van der Waals surface area contributed by atoms with Gasteiger partial charge in [-0.25, -0.2) is 0 Å². The summed E-state index contributed by atoms with van der Waals surface area (Å²) >= 11 is -1.83. The van der Waals surface area contributed by atoms with Crippen molar-refractivity contribution >= 4 is 32.4 Å². The van der Waals surface area contributed by atoms with Crippen molar-refractivity contribution in [2.45, 2.75) is 56.8 Å². The third-order valence-corrected chi connectivity index (χ3v) is 16.8. The van der Waals surface area contributed by atoms with Crippen LogP contribution in [0.4, 0.5) is 0 Å². The summed E-state index contributed by atoms with van der Waals surface area (Å²) in [5, 5.41) is 0.410. The summed E-state index contributed by atoms with van der Waals surface area (Å²) in [6, 6.07) is 0. The van der Waals surface area contributed by atoms with Gasteiger partial charge in [0.2, 0.25) is 0 Å². The van der Waals surface area contributed by atoms with Gasteiger partial charge in [0.15, 0.2) is 0 Å². The maximum absolute atomic E-state index is 11.0. The Morgan fingerprint density at radius 3 is 2.12 bits per heavy atom. The van der Waals surface area contributed by atoms with Crippen LogP contribution >= 0.6 is 0 Å². The molecule has 94 valence electrons. The van der Waals surface area contributed by atoms with Crippen molar-refractivity contribution in [2.75, 3.05) is 6.61 Å². The number of carbonyl (C=O) groups excluding carboxylic acids is 1. The van der Waals surface area contributed by atoms with E-state index in [0.29, 0.717) is 11.6 Å². The van der Waals surface area contributed by atoms with E-state index in [9.17, 15) is 4.79 Å². The fraction of sp³-hybridized carbons (Fsp3) is 0.917. The number of carbonyl (C=O) groups is 1. The quantitative estimate of drug-likeness (QED) is 0.571. The van der Waals surface area contributed by atoms with E-state index in [1.807, 2.05) is 0 Å². The SMILES string of the molecule is CC(=O)OC[C@@]1([Si](C)(C)C)C[C@H]1[Sn]([CH3])([CH3])[CH3]. The first-order valence-electron chi connectivity index (χ1n) is 6.14. The summed E-state index contributed by atoms with van der Waals surface area (Å²) in [5.74, 6) is -0.118. The molecule has 1 saturated carbocycles. The molecule has 0 amide bonds. The minimum absolute atomic E-state index is 0.118. The molecule has 0 spiro atoms. The molecule has 0 aliphatic heterocycles. The van der Waals surface area contributed by atoms with Crippen LogP contribution in [0.15, 0.2) is 0 Å². The molecule has 0 radical (unpaired) electrons. The molecule has 16 heavy (non-hydrogen) atoms. The number of hydrogen-bond donors (Lipinski definition) is 0. The Labute approximate surface area is 105 Å². The number of hydrogen-bond acceptors (Lipinski definition) is 2. The predicted octanol–water partition coefficient (Wildman–Crippen LogP) is 3.74. The van der Waals surface area contributed by atoms with Crippen LogP contribution in [0.2, 0.25) is 43.4 Å². The normalized spacial score (nSPS) is 30.1. The van der Waals surface area contributed by atoms with E-state index >= 15 is 0 Å². The Bertz CT molecular complexity index is 290. The predicted molar refractivity (Wildman–Crippen MR) is 74.4 cm³/mol. The molecule has 0 heterocycles. The summed E-state index contributed by atoms with van der Waals surface area (Å²) in [6.07, 6.45) is 1.33. The van der Waals surface area contributed by atoms with Gasteiger partial charge >= 0.3 is 105 Å². The fourth-order valence-corrected chi connectivity index (χ4v) is 20.2. The van der Waals surface area contributed by atoms with Gasteiger partial charge < -0.3 is 0 Å². The van der Waals surface area contributed by atoms with Crippen molar-refractivity contribution < 1.29 is 9.53 Å². The van der Waals surface area contributed by atoms with Crippen molar-refractivity contribution in [3.63, 3.8) is 0 Å². The standard InChI is InChI=1S/C9H17O2Si.3CH3.Sn/c1-8(10)11-7-9(5-6-9)12(2,3)4;;;;/h5H,6-7H2,1-4H3;3*1H3;/t9-;;;;/m0..../s1. The Morgan fingerprint density at radius 2 is 1.88 bits per heavy atom. The molecule has 0 unspecified atom stereocenters. The van der Waals surface area contributed by atoms with Gasteiger partial charge in [-0.1, -0.05) is 0 Å². The van der Waals surface area contributed by atoms with Crippen LogP contribution in [0.3, 0.4) is 0 Å². The third kappa shape index (κ3) is 2.83. The Morgan fingerprint density at radius 1 is 1.38 bits per heavy atom. The minimum atomic E-state index is -1.83. The van der Waals surface area contributed by atoms with Crippen LogP contribution in [-0.4, -0.2) is 39.0 Å². The van der Waals surface area contributed by atoms with Gasteiger partial charge in [-0.3, -0.25) is 0 Å². The molecule has 0 aromatic carbocycles. The van der Waals surface area contributed by atoms with Crippen LogP contribution < -0.4 is 0 Å². The van der Waals surface area contributed by atoms with Crippen LogP contribution in [0.5, 0.6) is 0 Å². The van der Waals surface area contributed by atoms with E-state index in [-0.39, 0.29) is 5.97 Å². The molecule has 2 atom stereocenters. The second-order valence-corrected chi connectivity index (χ2v) is 28.3. The summed E-state index contributed by atoms with van der Waals surface area (Å²) in [4.78, 5) is 18.5. The van der Waals surface area contributed by atoms with Crippen LogP contribution in [0.25, 0.3) is 0 Å². The zero-order valence-corrected chi connectivity index (χ0v) is 15.7. The summed E-state index contributed by atoms with van der Waals surface area (Å²) < 4.78 is 6.27. The molecule has 2 nitrogen and oxygen atoms in total. The molecule has 1 fully saturated rings. The first-order chi connectivity index (χ1) is 7.01. The van der Waals surface area contributed by atoms with Gasteiger partial charge in [0.05, 0.1) is 0 Å². The van der Waals surface area contributed by atoms with Crippen LogP contribution in [0.1, 0.15) is 13.3 Å².